The van der Waals surface area contributed by atoms with E-state index in [0.29, 0.717) is 5.69 Å². The van der Waals surface area contributed by atoms with Gasteiger partial charge in [-0.2, -0.15) is 0 Å². The summed E-state index contributed by atoms with van der Waals surface area (Å²) in [5, 5.41) is 0. The zero-order chi connectivity index (χ0) is 11.8. The van der Waals surface area contributed by atoms with E-state index < -0.39 is 0 Å². The van der Waals surface area contributed by atoms with Crippen LogP contribution in [0.3, 0.4) is 0 Å². The number of hydrogen-bond donors (Lipinski definition) is 2. The number of piperidine rings is 1. The molecule has 0 radical (unpaired) electrons. The highest BCUT2D eigenvalue weighted by atomic mass is 35.5. The molecule has 1 aromatic heterocycles. The van der Waals surface area contributed by atoms with Crippen LogP contribution in [0.25, 0.3) is 0 Å². The van der Waals surface area contributed by atoms with Gasteiger partial charge in [0.2, 0.25) is 0 Å². The van der Waals surface area contributed by atoms with Gasteiger partial charge >= 0.3 is 0 Å². The largest absolute Gasteiger partial charge is 0.357 e. The number of H-pyrrole nitrogens is 1. The highest BCUT2D eigenvalue weighted by molar-refractivity contribution is 5.92. The van der Waals surface area contributed by atoms with Gasteiger partial charge in [0, 0.05) is 25.3 Å². The second-order valence-electron chi connectivity index (χ2n) is 5.19. The van der Waals surface area contributed by atoms with Gasteiger partial charge in [-0.3, -0.25) is 4.79 Å². The van der Waals surface area contributed by atoms with Crippen LogP contribution >= 0.6 is 12.4 Å². The summed E-state index contributed by atoms with van der Waals surface area (Å²) in [4.78, 5) is 16.9. The van der Waals surface area contributed by atoms with E-state index in [2.05, 4.69) is 18.8 Å². The van der Waals surface area contributed by atoms with E-state index in [1.165, 1.54) is 0 Å². The van der Waals surface area contributed by atoms with Gasteiger partial charge < -0.3 is 15.6 Å². The van der Waals surface area contributed by atoms with Crippen molar-refractivity contribution in [2.45, 2.75) is 26.3 Å². The summed E-state index contributed by atoms with van der Waals surface area (Å²) in [5.41, 5.74) is 6.71. The molecule has 1 amide bonds. The molecule has 1 aliphatic heterocycles. The minimum atomic E-state index is 0. The molecule has 1 aliphatic rings. The lowest BCUT2D eigenvalue weighted by atomic mass is 9.79. The van der Waals surface area contributed by atoms with Crippen LogP contribution in [0.5, 0.6) is 0 Å². The molecule has 0 bridgehead atoms. The molecule has 3 N–H and O–H groups in total. The fraction of sp³-hybridized carbons (Fsp3) is 0.583. The summed E-state index contributed by atoms with van der Waals surface area (Å²) >= 11 is 0. The molecule has 0 saturated carbocycles. The third-order valence-corrected chi connectivity index (χ3v) is 3.43. The Labute approximate surface area is 108 Å². The van der Waals surface area contributed by atoms with Gasteiger partial charge in [0.25, 0.3) is 5.91 Å². The Kier molecular flexibility index (Phi) is 4.22. The predicted molar refractivity (Wildman–Crippen MR) is 70.3 cm³/mol. The van der Waals surface area contributed by atoms with Crippen molar-refractivity contribution >= 4 is 18.3 Å². The fourth-order valence-electron chi connectivity index (χ4n) is 2.18. The second-order valence-corrected chi connectivity index (χ2v) is 5.19. The number of amides is 1. The van der Waals surface area contributed by atoms with Crippen molar-refractivity contribution in [1.29, 1.82) is 0 Å². The lowest BCUT2D eigenvalue weighted by molar-refractivity contribution is 0.0528. The Morgan fingerprint density at radius 3 is 2.82 bits per heavy atom. The van der Waals surface area contributed by atoms with E-state index in [9.17, 15) is 4.79 Å². The number of nitrogens with one attached hydrogen (secondary N) is 1. The molecule has 4 nitrogen and oxygen atoms in total. The van der Waals surface area contributed by atoms with E-state index in [1.54, 1.807) is 6.20 Å². The number of carbonyl (C=O) groups excluding carboxylic acids is 1. The van der Waals surface area contributed by atoms with Crippen LogP contribution < -0.4 is 5.73 Å². The van der Waals surface area contributed by atoms with Crippen LogP contribution in [0.15, 0.2) is 18.3 Å². The third-order valence-electron chi connectivity index (χ3n) is 3.43. The summed E-state index contributed by atoms with van der Waals surface area (Å²) in [7, 11) is 0. The number of nitrogens with zero attached hydrogens (tertiary/aromatic N) is 1. The van der Waals surface area contributed by atoms with Crippen LogP contribution in [-0.4, -0.2) is 34.9 Å². The number of likely N-dealkylation sites (tertiary alicyclic amines) is 1. The van der Waals surface area contributed by atoms with E-state index in [4.69, 9.17) is 5.73 Å². The Morgan fingerprint density at radius 1 is 1.59 bits per heavy atom. The normalized spacial score (nSPS) is 23.0. The molecule has 2 rings (SSSR count). The standard InChI is InChI=1S/C12H19N3O.ClH/c1-12(2)8-15(7-5-10(12)13)11(16)9-4-3-6-14-9;/h3-4,6,10,14H,5,7-8,13H2,1-2H3;1H. The summed E-state index contributed by atoms with van der Waals surface area (Å²) < 4.78 is 0. The average Bonchev–Trinajstić information content (AvgIpc) is 2.74. The number of aromatic nitrogens is 1. The number of nitrogens with two attached hydrogens (primary N) is 1. The van der Waals surface area contributed by atoms with E-state index in [-0.39, 0.29) is 29.8 Å². The summed E-state index contributed by atoms with van der Waals surface area (Å²) in [6, 6.07) is 3.83. The summed E-state index contributed by atoms with van der Waals surface area (Å²) in [5.74, 6) is 0.0741. The smallest absolute Gasteiger partial charge is 0.270 e. The van der Waals surface area contributed by atoms with Crippen molar-refractivity contribution in [3.05, 3.63) is 24.0 Å². The van der Waals surface area contributed by atoms with E-state index in [1.807, 2.05) is 17.0 Å². The first-order chi connectivity index (χ1) is 7.50. The first-order valence-corrected chi connectivity index (χ1v) is 5.69. The molecule has 1 atom stereocenters. The van der Waals surface area contributed by atoms with E-state index in [0.717, 1.165) is 19.5 Å². The lowest BCUT2D eigenvalue weighted by Gasteiger charge is -2.42. The molecule has 96 valence electrons. The zero-order valence-corrected chi connectivity index (χ0v) is 11.1. The van der Waals surface area contributed by atoms with Crippen molar-refractivity contribution in [1.82, 2.24) is 9.88 Å². The second kappa shape index (κ2) is 5.10. The van der Waals surface area contributed by atoms with Crippen molar-refractivity contribution in [3.8, 4) is 0 Å². The van der Waals surface area contributed by atoms with Crippen LogP contribution in [-0.2, 0) is 0 Å². The molecular formula is C12H20ClN3O. The molecule has 0 spiro atoms. The number of rotatable bonds is 1. The Bertz CT molecular complexity index is 375. The van der Waals surface area contributed by atoms with Crippen molar-refractivity contribution in [3.63, 3.8) is 0 Å². The van der Waals surface area contributed by atoms with Crippen molar-refractivity contribution < 1.29 is 4.79 Å². The monoisotopic (exact) mass is 257 g/mol. The lowest BCUT2D eigenvalue weighted by Crippen LogP contribution is -2.54. The maximum atomic E-state index is 12.1. The maximum Gasteiger partial charge on any atom is 0.270 e. The molecule has 17 heavy (non-hydrogen) atoms. The Balaban J connectivity index is 0.00000144. The maximum absolute atomic E-state index is 12.1. The van der Waals surface area contributed by atoms with Crippen molar-refractivity contribution in [2.75, 3.05) is 13.1 Å². The van der Waals surface area contributed by atoms with Gasteiger partial charge in [0.15, 0.2) is 0 Å². The quantitative estimate of drug-likeness (QED) is 0.803. The first-order valence-electron chi connectivity index (χ1n) is 5.69. The molecule has 1 fully saturated rings. The predicted octanol–water partition coefficient (Wildman–Crippen LogP) is 1.64. The molecule has 1 aromatic rings. The molecule has 0 aromatic carbocycles. The van der Waals surface area contributed by atoms with Gasteiger partial charge in [0.05, 0.1) is 0 Å². The van der Waals surface area contributed by atoms with E-state index >= 15 is 0 Å². The van der Waals surface area contributed by atoms with Gasteiger partial charge in [0.1, 0.15) is 5.69 Å². The molecule has 2 heterocycles. The first kappa shape index (κ1) is 14.1. The number of carbonyl (C=O) groups is 1. The van der Waals surface area contributed by atoms with Crippen LogP contribution in [0.4, 0.5) is 0 Å². The van der Waals surface area contributed by atoms with Gasteiger partial charge in [-0.25, -0.2) is 0 Å². The number of halogens is 1. The van der Waals surface area contributed by atoms with Crippen LogP contribution in [0.2, 0.25) is 0 Å². The van der Waals surface area contributed by atoms with Crippen LogP contribution in [0, 0.1) is 5.41 Å². The highest BCUT2D eigenvalue weighted by Crippen LogP contribution is 2.28. The van der Waals surface area contributed by atoms with Crippen LogP contribution in [0.1, 0.15) is 30.8 Å². The topological polar surface area (TPSA) is 62.1 Å². The van der Waals surface area contributed by atoms with Gasteiger partial charge in [-0.05, 0) is 24.0 Å². The zero-order valence-electron chi connectivity index (χ0n) is 10.3. The minimum absolute atomic E-state index is 0. The van der Waals surface area contributed by atoms with Gasteiger partial charge in [-0.1, -0.05) is 13.8 Å². The van der Waals surface area contributed by atoms with Crippen molar-refractivity contribution in [2.24, 2.45) is 11.1 Å². The summed E-state index contributed by atoms with van der Waals surface area (Å²) in [6.45, 7) is 5.71. The third kappa shape index (κ3) is 2.82. The molecular weight excluding hydrogens is 238 g/mol. The minimum Gasteiger partial charge on any atom is -0.357 e. The van der Waals surface area contributed by atoms with Gasteiger partial charge in [-0.15, -0.1) is 12.4 Å². The SMILES string of the molecule is CC1(C)CN(C(=O)c2ccc[nH]2)CCC1N.Cl. The molecule has 1 unspecified atom stereocenters. The molecule has 1 saturated heterocycles. The molecule has 0 aliphatic carbocycles. The highest BCUT2D eigenvalue weighted by Gasteiger charge is 2.35. The summed E-state index contributed by atoms with van der Waals surface area (Å²) in [6.07, 6.45) is 2.65. The Hall–Kier alpha value is -1.00. The fourth-order valence-corrected chi connectivity index (χ4v) is 2.18. The number of aromatic amines is 1. The molecule has 5 heteroatoms. The average molecular weight is 258 g/mol. The number of hydrogen-bond acceptors (Lipinski definition) is 2. The Morgan fingerprint density at radius 2 is 2.29 bits per heavy atom.